The van der Waals surface area contributed by atoms with Gasteiger partial charge in [0.1, 0.15) is 5.82 Å². The van der Waals surface area contributed by atoms with Crippen molar-refractivity contribution >= 4 is 16.8 Å². The lowest BCUT2D eigenvalue weighted by Gasteiger charge is -2.05. The van der Waals surface area contributed by atoms with Crippen LogP contribution in [-0.2, 0) is 0 Å². The van der Waals surface area contributed by atoms with Gasteiger partial charge in [-0.2, -0.15) is 0 Å². The van der Waals surface area contributed by atoms with E-state index < -0.39 is 16.9 Å². The Morgan fingerprint density at radius 1 is 1.46 bits per heavy atom. The van der Waals surface area contributed by atoms with E-state index in [1.165, 1.54) is 7.11 Å². The van der Waals surface area contributed by atoms with Crippen molar-refractivity contribution in [3.63, 3.8) is 0 Å². The van der Waals surface area contributed by atoms with Crippen LogP contribution in [-0.4, -0.2) is 12.4 Å². The number of carbonyl (C=O) groups excluding carboxylic acids is 1. The van der Waals surface area contributed by atoms with Crippen LogP contribution in [0.1, 0.15) is 10.4 Å². The molecule has 1 aromatic carbocycles. The van der Waals surface area contributed by atoms with E-state index in [0.29, 0.717) is 6.07 Å². The minimum Gasteiger partial charge on any atom is -0.493 e. The highest BCUT2D eigenvalue weighted by Crippen LogP contribution is 2.25. The summed E-state index contributed by atoms with van der Waals surface area (Å²) in [6.07, 6.45) is 0. The Bertz CT molecular complexity index is 352. The molecule has 0 bridgehead atoms. The molecule has 0 fully saturated rings. The lowest BCUT2D eigenvalue weighted by molar-refractivity contribution is 0.107. The molecule has 1 aromatic rings. The maximum Gasteiger partial charge on any atom is 0.256 e. The lowest BCUT2D eigenvalue weighted by Crippen LogP contribution is -1.99. The van der Waals surface area contributed by atoms with Crippen molar-refractivity contribution in [3.8, 4) is 5.75 Å². The first-order valence-electron chi connectivity index (χ1n) is 3.29. The molecule has 0 aliphatic rings. The van der Waals surface area contributed by atoms with Crippen molar-refractivity contribution in [2.75, 3.05) is 7.11 Å². The molecular weight excluding hydrogens is 202 g/mol. The Labute approximate surface area is 78.1 Å². The second-order valence-electron chi connectivity index (χ2n) is 2.24. The highest BCUT2D eigenvalue weighted by Gasteiger charge is 2.16. The molecule has 0 spiro atoms. The van der Waals surface area contributed by atoms with Gasteiger partial charge in [0.05, 0.1) is 12.7 Å². The normalized spacial score (nSPS) is 9.85. The Balaban J connectivity index is 3.38. The number of halogens is 3. The van der Waals surface area contributed by atoms with Crippen molar-refractivity contribution in [1.82, 2.24) is 0 Å². The minimum atomic E-state index is -0.963. The van der Waals surface area contributed by atoms with E-state index in [9.17, 15) is 13.6 Å². The number of benzene rings is 1. The molecule has 13 heavy (non-hydrogen) atoms. The lowest BCUT2D eigenvalue weighted by atomic mass is 10.2. The Morgan fingerprint density at radius 3 is 2.54 bits per heavy atom. The summed E-state index contributed by atoms with van der Waals surface area (Å²) in [5, 5.41) is -0.963. The second-order valence-corrected chi connectivity index (χ2v) is 2.59. The van der Waals surface area contributed by atoms with Gasteiger partial charge in [0.25, 0.3) is 5.24 Å². The number of ether oxygens (including phenoxy) is 1. The molecule has 5 heteroatoms. The first-order chi connectivity index (χ1) is 6.06. The summed E-state index contributed by atoms with van der Waals surface area (Å²) in [7, 11) is 1.17. The molecule has 0 saturated carbocycles. The predicted octanol–water partition coefficient (Wildman–Crippen LogP) is 2.35. The van der Waals surface area contributed by atoms with Gasteiger partial charge < -0.3 is 4.74 Å². The molecule has 0 aromatic heterocycles. The minimum absolute atomic E-state index is 0.318. The predicted molar refractivity (Wildman–Crippen MR) is 43.1 cm³/mol. The van der Waals surface area contributed by atoms with Crippen LogP contribution in [0.15, 0.2) is 12.1 Å². The third-order valence-electron chi connectivity index (χ3n) is 1.42. The standard InChI is InChI=1S/C8H5ClF2O2/c1-13-7-5(8(9)12)2-4(10)3-6(7)11/h2-3H,1H3. The molecule has 0 saturated heterocycles. The number of carbonyl (C=O) groups is 1. The molecule has 2 nitrogen and oxygen atoms in total. The van der Waals surface area contributed by atoms with Crippen molar-refractivity contribution in [2.45, 2.75) is 0 Å². The van der Waals surface area contributed by atoms with Crippen LogP contribution in [0.2, 0.25) is 0 Å². The monoisotopic (exact) mass is 206 g/mol. The fourth-order valence-electron chi connectivity index (χ4n) is 0.914. The van der Waals surface area contributed by atoms with Gasteiger partial charge in [-0.25, -0.2) is 8.78 Å². The van der Waals surface area contributed by atoms with Crippen molar-refractivity contribution < 1.29 is 18.3 Å². The van der Waals surface area contributed by atoms with E-state index >= 15 is 0 Å². The van der Waals surface area contributed by atoms with Crippen molar-refractivity contribution in [2.24, 2.45) is 0 Å². The van der Waals surface area contributed by atoms with E-state index in [1.807, 2.05) is 0 Å². The molecule has 0 N–H and O–H groups in total. The number of hydrogen-bond donors (Lipinski definition) is 0. The zero-order valence-electron chi connectivity index (χ0n) is 6.61. The first kappa shape index (κ1) is 9.92. The molecule has 70 valence electrons. The smallest absolute Gasteiger partial charge is 0.256 e. The van der Waals surface area contributed by atoms with Crippen LogP contribution in [0.3, 0.4) is 0 Å². The number of rotatable bonds is 2. The molecule has 0 amide bonds. The molecular formula is C8H5ClF2O2. The Hall–Kier alpha value is -1.16. The molecule has 0 radical (unpaired) electrons. The zero-order valence-corrected chi connectivity index (χ0v) is 7.36. The molecule has 1 rings (SSSR count). The zero-order chi connectivity index (χ0) is 10.0. The average Bonchev–Trinajstić information content (AvgIpc) is 2.02. The van der Waals surface area contributed by atoms with Gasteiger partial charge in [-0.3, -0.25) is 4.79 Å². The SMILES string of the molecule is COc1c(F)cc(F)cc1C(=O)Cl. The summed E-state index contributed by atoms with van der Waals surface area (Å²) in [6.45, 7) is 0. The summed E-state index contributed by atoms with van der Waals surface area (Å²) in [6, 6.07) is 1.43. The largest absolute Gasteiger partial charge is 0.493 e. The van der Waals surface area contributed by atoms with Gasteiger partial charge in [0.15, 0.2) is 11.6 Å². The van der Waals surface area contributed by atoms with E-state index in [-0.39, 0.29) is 11.3 Å². The van der Waals surface area contributed by atoms with E-state index in [0.717, 1.165) is 6.07 Å². The summed E-state index contributed by atoms with van der Waals surface area (Å²) >= 11 is 5.08. The quantitative estimate of drug-likeness (QED) is 0.695. The van der Waals surface area contributed by atoms with Crippen LogP contribution >= 0.6 is 11.6 Å². The van der Waals surface area contributed by atoms with E-state index in [2.05, 4.69) is 4.74 Å². The van der Waals surface area contributed by atoms with E-state index in [1.54, 1.807) is 0 Å². The summed E-state index contributed by atoms with van der Waals surface area (Å²) in [5.74, 6) is -2.17. The van der Waals surface area contributed by atoms with Gasteiger partial charge >= 0.3 is 0 Å². The molecule has 0 atom stereocenters. The Morgan fingerprint density at radius 2 is 2.08 bits per heavy atom. The van der Waals surface area contributed by atoms with Crippen LogP contribution in [0.25, 0.3) is 0 Å². The van der Waals surface area contributed by atoms with Gasteiger partial charge in [0.2, 0.25) is 0 Å². The average molecular weight is 207 g/mol. The molecule has 0 unspecified atom stereocenters. The van der Waals surface area contributed by atoms with E-state index in [4.69, 9.17) is 11.6 Å². The highest BCUT2D eigenvalue weighted by atomic mass is 35.5. The van der Waals surface area contributed by atoms with Crippen LogP contribution in [0.5, 0.6) is 5.75 Å². The van der Waals surface area contributed by atoms with Crippen LogP contribution in [0.4, 0.5) is 8.78 Å². The summed E-state index contributed by atoms with van der Waals surface area (Å²) in [4.78, 5) is 10.7. The first-order valence-corrected chi connectivity index (χ1v) is 3.67. The summed E-state index contributed by atoms with van der Waals surface area (Å²) in [5.41, 5.74) is -0.318. The van der Waals surface area contributed by atoms with Crippen LogP contribution < -0.4 is 4.74 Å². The van der Waals surface area contributed by atoms with Gasteiger partial charge in [-0.05, 0) is 17.7 Å². The maximum absolute atomic E-state index is 12.9. The second kappa shape index (κ2) is 3.70. The molecule has 0 heterocycles. The summed E-state index contributed by atoms with van der Waals surface area (Å²) < 4.78 is 30.0. The molecule has 0 aliphatic heterocycles. The van der Waals surface area contributed by atoms with Crippen LogP contribution in [0, 0.1) is 11.6 Å². The van der Waals surface area contributed by atoms with Crippen molar-refractivity contribution in [1.29, 1.82) is 0 Å². The number of hydrogen-bond acceptors (Lipinski definition) is 2. The van der Waals surface area contributed by atoms with Gasteiger partial charge in [-0.15, -0.1) is 0 Å². The maximum atomic E-state index is 12.9. The number of methoxy groups -OCH3 is 1. The Kier molecular flexibility index (Phi) is 2.83. The topological polar surface area (TPSA) is 26.3 Å². The van der Waals surface area contributed by atoms with Gasteiger partial charge in [-0.1, -0.05) is 0 Å². The van der Waals surface area contributed by atoms with Gasteiger partial charge in [0, 0.05) is 6.07 Å². The highest BCUT2D eigenvalue weighted by molar-refractivity contribution is 6.68. The fourth-order valence-corrected chi connectivity index (χ4v) is 1.05. The molecule has 0 aliphatic carbocycles. The third kappa shape index (κ3) is 1.95. The third-order valence-corrected chi connectivity index (χ3v) is 1.63. The van der Waals surface area contributed by atoms with Crippen molar-refractivity contribution in [3.05, 3.63) is 29.3 Å². The fraction of sp³-hybridized carbons (Fsp3) is 0.125.